The van der Waals surface area contributed by atoms with Crippen molar-refractivity contribution in [3.63, 3.8) is 0 Å². The molecule has 0 saturated heterocycles. The van der Waals surface area contributed by atoms with Crippen molar-refractivity contribution < 1.29 is 0 Å². The Balaban J connectivity index is 2.27. The number of anilines is 1. The van der Waals surface area contributed by atoms with E-state index in [4.69, 9.17) is 40.5 Å². The van der Waals surface area contributed by atoms with Crippen molar-refractivity contribution in [2.45, 2.75) is 60.3 Å². The first kappa shape index (κ1) is 22.1. The van der Waals surface area contributed by atoms with E-state index in [9.17, 15) is 0 Å². The van der Waals surface area contributed by atoms with Crippen molar-refractivity contribution in [1.29, 1.82) is 0 Å². The van der Waals surface area contributed by atoms with Gasteiger partial charge in [-0.15, -0.1) is 23.5 Å². The molecule has 0 fully saturated rings. The minimum absolute atomic E-state index is 0.0628. The van der Waals surface area contributed by atoms with Crippen LogP contribution in [0.1, 0.15) is 40.2 Å². The van der Waals surface area contributed by atoms with Gasteiger partial charge >= 0.3 is 0 Å². The van der Waals surface area contributed by atoms with Crippen LogP contribution in [0.3, 0.4) is 0 Å². The quantitative estimate of drug-likeness (QED) is 0.368. The highest BCUT2D eigenvalue weighted by atomic mass is 35.5. The molecule has 2 aromatic carbocycles. The van der Waals surface area contributed by atoms with E-state index in [-0.39, 0.29) is 9.49 Å². The van der Waals surface area contributed by atoms with Gasteiger partial charge in [-0.2, -0.15) is 0 Å². The molecule has 0 atom stereocenters. The van der Waals surface area contributed by atoms with Crippen LogP contribution < -0.4 is 5.73 Å². The van der Waals surface area contributed by atoms with Crippen LogP contribution in [0.15, 0.2) is 40.1 Å². The molecule has 2 rings (SSSR count). The molecule has 0 aliphatic rings. The average molecular weight is 449 g/mol. The molecule has 0 saturated carbocycles. The molecule has 0 aromatic heterocycles. The van der Waals surface area contributed by atoms with Gasteiger partial charge in [-0.25, -0.2) is 0 Å². The van der Waals surface area contributed by atoms with E-state index in [1.165, 1.54) is 0 Å². The van der Waals surface area contributed by atoms with Crippen molar-refractivity contribution in [2.24, 2.45) is 0 Å². The number of rotatable bonds is 5. The summed E-state index contributed by atoms with van der Waals surface area (Å²) in [5.74, 6) is 0. The van der Waals surface area contributed by atoms with E-state index in [2.05, 4.69) is 40.7 Å². The Morgan fingerprint density at radius 2 is 1.54 bits per heavy atom. The highest BCUT2D eigenvalue weighted by molar-refractivity contribution is 8.01. The molecule has 1 nitrogen and oxygen atoms in total. The van der Waals surface area contributed by atoms with Gasteiger partial charge in [-0.05, 0) is 36.2 Å². The van der Waals surface area contributed by atoms with Crippen LogP contribution >= 0.6 is 58.3 Å². The van der Waals surface area contributed by atoms with Gasteiger partial charge < -0.3 is 5.73 Å². The van der Waals surface area contributed by atoms with Crippen molar-refractivity contribution in [3.05, 3.63) is 51.0 Å². The lowest BCUT2D eigenvalue weighted by molar-refractivity contribution is 0.706. The summed E-state index contributed by atoms with van der Waals surface area (Å²) in [4.78, 5) is 2.01. The summed E-state index contributed by atoms with van der Waals surface area (Å²) in [7, 11) is 0. The average Bonchev–Trinajstić information content (AvgIpc) is 2.47. The van der Waals surface area contributed by atoms with E-state index in [1.54, 1.807) is 29.6 Å². The van der Waals surface area contributed by atoms with E-state index in [1.807, 2.05) is 18.2 Å². The molecular weight excluding hydrogens is 425 g/mol. The van der Waals surface area contributed by atoms with Crippen molar-refractivity contribution >= 4 is 64.0 Å². The van der Waals surface area contributed by atoms with Gasteiger partial charge in [-0.1, -0.05) is 75.5 Å². The second-order valence-electron chi connectivity index (χ2n) is 7.80. The molecule has 2 N–H and O–H groups in total. The first-order valence-electron chi connectivity index (χ1n) is 8.28. The predicted molar refractivity (Wildman–Crippen MR) is 122 cm³/mol. The predicted octanol–water partition coefficient (Wildman–Crippen LogP) is 8.23. The Labute approximate surface area is 180 Å². The van der Waals surface area contributed by atoms with Gasteiger partial charge in [0.1, 0.15) is 0 Å². The molecule has 0 radical (unpaired) electrons. The minimum atomic E-state index is -0.0851. The van der Waals surface area contributed by atoms with E-state index >= 15 is 0 Å². The minimum Gasteiger partial charge on any atom is -0.397 e. The maximum atomic E-state index is 6.43. The van der Waals surface area contributed by atoms with Gasteiger partial charge in [0, 0.05) is 19.3 Å². The maximum absolute atomic E-state index is 6.43. The number of nitrogens with two attached hydrogens (primary N) is 1. The van der Waals surface area contributed by atoms with Crippen molar-refractivity contribution in [2.75, 3.05) is 5.73 Å². The Hall–Kier alpha value is -0.190. The lowest BCUT2D eigenvalue weighted by Crippen LogP contribution is -2.18. The standard InChI is InChI=1S/C20H24Cl3NS2/c1-19(2,3)25-16-10-12(9-14(24)18(16)23)11-20(4,5)26-15-8-6-7-13(21)17(15)22/h6-10H,11,24H2,1-5H3. The normalized spacial score (nSPS) is 12.5. The smallest absolute Gasteiger partial charge is 0.0771 e. The fourth-order valence-electron chi connectivity index (χ4n) is 2.57. The molecule has 2 aromatic rings. The zero-order chi connectivity index (χ0) is 19.7. The van der Waals surface area contributed by atoms with E-state index in [0.717, 1.165) is 21.8 Å². The van der Waals surface area contributed by atoms with Crippen LogP contribution in [0.4, 0.5) is 5.69 Å². The Morgan fingerprint density at radius 3 is 2.15 bits per heavy atom. The van der Waals surface area contributed by atoms with Crippen LogP contribution in [0, 0.1) is 0 Å². The lowest BCUT2D eigenvalue weighted by atomic mass is 10.0. The second kappa shape index (κ2) is 8.45. The van der Waals surface area contributed by atoms with Crippen LogP contribution in [-0.2, 0) is 6.42 Å². The van der Waals surface area contributed by atoms with Crippen LogP contribution in [0.5, 0.6) is 0 Å². The lowest BCUT2D eigenvalue weighted by Gasteiger charge is -2.26. The SMILES string of the molecule is CC(C)(C)Sc1cc(CC(C)(C)Sc2cccc(Cl)c2Cl)cc(N)c1Cl. The highest BCUT2D eigenvalue weighted by Crippen LogP contribution is 2.43. The van der Waals surface area contributed by atoms with E-state index in [0.29, 0.717) is 20.8 Å². The molecule has 26 heavy (non-hydrogen) atoms. The molecule has 0 bridgehead atoms. The van der Waals surface area contributed by atoms with Gasteiger partial charge in [0.2, 0.25) is 0 Å². The fraction of sp³-hybridized carbons (Fsp3) is 0.400. The molecule has 0 heterocycles. The van der Waals surface area contributed by atoms with E-state index < -0.39 is 0 Å². The zero-order valence-electron chi connectivity index (χ0n) is 15.6. The number of nitrogen functional groups attached to an aromatic ring is 1. The third-order valence-corrected chi connectivity index (χ3v) is 7.35. The molecule has 6 heteroatoms. The van der Waals surface area contributed by atoms with Gasteiger partial charge in [0.05, 0.1) is 20.8 Å². The van der Waals surface area contributed by atoms with Gasteiger partial charge in [0.15, 0.2) is 0 Å². The zero-order valence-corrected chi connectivity index (χ0v) is 19.5. The number of benzene rings is 2. The fourth-order valence-corrected chi connectivity index (χ4v) is 5.53. The monoisotopic (exact) mass is 447 g/mol. The van der Waals surface area contributed by atoms with Crippen molar-refractivity contribution in [3.8, 4) is 0 Å². The molecule has 0 spiro atoms. The Morgan fingerprint density at radius 1 is 0.885 bits per heavy atom. The largest absolute Gasteiger partial charge is 0.397 e. The summed E-state index contributed by atoms with van der Waals surface area (Å²) in [6.45, 7) is 10.9. The highest BCUT2D eigenvalue weighted by Gasteiger charge is 2.24. The first-order chi connectivity index (χ1) is 11.9. The van der Waals surface area contributed by atoms with Crippen LogP contribution in [0.25, 0.3) is 0 Å². The number of hydrogen-bond donors (Lipinski definition) is 1. The number of thioether (sulfide) groups is 2. The summed E-state index contributed by atoms with van der Waals surface area (Å²) < 4.78 is -0.0223. The van der Waals surface area contributed by atoms with Crippen LogP contribution in [0.2, 0.25) is 15.1 Å². The second-order valence-corrected chi connectivity index (χ2v) is 12.6. The Kier molecular flexibility index (Phi) is 7.18. The van der Waals surface area contributed by atoms with Gasteiger partial charge in [-0.3, -0.25) is 0 Å². The maximum Gasteiger partial charge on any atom is 0.0771 e. The molecule has 0 aliphatic carbocycles. The topological polar surface area (TPSA) is 26.0 Å². The molecule has 0 amide bonds. The third-order valence-electron chi connectivity index (χ3n) is 3.48. The molecule has 0 unspecified atom stereocenters. The molecule has 142 valence electrons. The summed E-state index contributed by atoms with van der Waals surface area (Å²) in [6.07, 6.45) is 0.833. The number of halogens is 3. The summed E-state index contributed by atoms with van der Waals surface area (Å²) >= 11 is 22.4. The molecular formula is C20H24Cl3NS2. The van der Waals surface area contributed by atoms with Crippen molar-refractivity contribution in [1.82, 2.24) is 0 Å². The molecule has 0 aliphatic heterocycles. The first-order valence-corrected chi connectivity index (χ1v) is 11.0. The third kappa shape index (κ3) is 6.17. The summed E-state index contributed by atoms with van der Waals surface area (Å²) in [6, 6.07) is 9.84. The van der Waals surface area contributed by atoms with Gasteiger partial charge in [0.25, 0.3) is 0 Å². The Bertz CT molecular complexity index is 798. The number of hydrogen-bond acceptors (Lipinski definition) is 3. The summed E-state index contributed by atoms with van der Waals surface area (Å²) in [5.41, 5.74) is 7.95. The van der Waals surface area contributed by atoms with Crippen LogP contribution in [-0.4, -0.2) is 9.49 Å². The summed E-state index contributed by atoms with van der Waals surface area (Å²) in [5, 5.41) is 1.82.